The van der Waals surface area contributed by atoms with Crippen molar-refractivity contribution in [1.29, 1.82) is 0 Å². The van der Waals surface area contributed by atoms with Gasteiger partial charge in [-0.1, -0.05) is 33.1 Å². The van der Waals surface area contributed by atoms with Crippen LogP contribution in [0.3, 0.4) is 0 Å². The van der Waals surface area contributed by atoms with Gasteiger partial charge in [0.05, 0.1) is 6.26 Å². The Labute approximate surface area is 111 Å². The Morgan fingerprint density at radius 2 is 2.22 bits per heavy atom. The van der Waals surface area contributed by atoms with Crippen LogP contribution in [0.1, 0.15) is 50.9 Å². The average molecular weight is 253 g/mol. The third-order valence-corrected chi connectivity index (χ3v) is 3.33. The fourth-order valence-electron chi connectivity index (χ4n) is 2.06. The highest BCUT2D eigenvalue weighted by Crippen LogP contribution is 2.16. The quantitative estimate of drug-likeness (QED) is 0.690. The lowest BCUT2D eigenvalue weighted by Crippen LogP contribution is -2.10. The molecule has 0 fully saturated rings. The molecule has 0 bridgehead atoms. The maximum atomic E-state index is 5.79. The molecule has 1 aromatic rings. The lowest BCUT2D eigenvalue weighted by atomic mass is 10.0. The molecule has 1 atom stereocenters. The number of hydrogen-bond donors (Lipinski definition) is 1. The molecule has 0 aromatic carbocycles. The molecule has 1 heterocycles. The summed E-state index contributed by atoms with van der Waals surface area (Å²) < 4.78 is 11.2. The molecule has 1 rings (SSSR count). The second kappa shape index (κ2) is 9.17. The Hall–Kier alpha value is -0.800. The van der Waals surface area contributed by atoms with Gasteiger partial charge in [-0.2, -0.15) is 0 Å². The van der Waals surface area contributed by atoms with Crippen LogP contribution >= 0.6 is 0 Å². The SMILES string of the molecule is CCCCC(CC)COCc1occc1CNC. The normalized spacial score (nSPS) is 12.8. The minimum absolute atomic E-state index is 0.590. The Morgan fingerprint density at radius 1 is 1.39 bits per heavy atom. The molecule has 18 heavy (non-hydrogen) atoms. The molecule has 0 saturated heterocycles. The van der Waals surface area contributed by atoms with Gasteiger partial charge in [0.2, 0.25) is 0 Å². The standard InChI is InChI=1S/C15H27NO2/c1-4-6-7-13(5-2)11-17-12-15-14(10-16-3)8-9-18-15/h8-9,13,16H,4-7,10-12H2,1-3H3. The maximum Gasteiger partial charge on any atom is 0.133 e. The van der Waals surface area contributed by atoms with Crippen LogP contribution < -0.4 is 5.32 Å². The van der Waals surface area contributed by atoms with Gasteiger partial charge >= 0.3 is 0 Å². The average Bonchev–Trinajstić information content (AvgIpc) is 2.81. The molecule has 1 aromatic heterocycles. The van der Waals surface area contributed by atoms with Crippen molar-refractivity contribution in [1.82, 2.24) is 5.32 Å². The smallest absolute Gasteiger partial charge is 0.133 e. The third kappa shape index (κ3) is 5.23. The van der Waals surface area contributed by atoms with E-state index >= 15 is 0 Å². The van der Waals surface area contributed by atoms with Crippen LogP contribution in [0.15, 0.2) is 16.7 Å². The van der Waals surface area contributed by atoms with E-state index in [4.69, 9.17) is 9.15 Å². The van der Waals surface area contributed by atoms with E-state index in [9.17, 15) is 0 Å². The first-order chi connectivity index (χ1) is 8.81. The first kappa shape index (κ1) is 15.3. The molecule has 104 valence electrons. The van der Waals surface area contributed by atoms with Gasteiger partial charge < -0.3 is 14.5 Å². The van der Waals surface area contributed by atoms with E-state index in [-0.39, 0.29) is 0 Å². The van der Waals surface area contributed by atoms with E-state index in [2.05, 4.69) is 19.2 Å². The zero-order valence-electron chi connectivity index (χ0n) is 12.0. The molecule has 0 radical (unpaired) electrons. The maximum absolute atomic E-state index is 5.79. The molecule has 0 aliphatic rings. The Kier molecular flexibility index (Phi) is 7.78. The van der Waals surface area contributed by atoms with Crippen LogP contribution in [0.4, 0.5) is 0 Å². The van der Waals surface area contributed by atoms with E-state index in [1.165, 1.54) is 31.2 Å². The summed E-state index contributed by atoms with van der Waals surface area (Å²) in [4.78, 5) is 0. The number of furan rings is 1. The lowest BCUT2D eigenvalue weighted by molar-refractivity contribution is 0.0703. The van der Waals surface area contributed by atoms with Crippen molar-refractivity contribution in [2.75, 3.05) is 13.7 Å². The highest BCUT2D eigenvalue weighted by atomic mass is 16.5. The minimum atomic E-state index is 0.590. The van der Waals surface area contributed by atoms with Crippen molar-refractivity contribution in [3.05, 3.63) is 23.7 Å². The molecule has 0 spiro atoms. The minimum Gasteiger partial charge on any atom is -0.467 e. The molecule has 3 nitrogen and oxygen atoms in total. The summed E-state index contributed by atoms with van der Waals surface area (Å²) >= 11 is 0. The first-order valence-corrected chi connectivity index (χ1v) is 7.09. The first-order valence-electron chi connectivity index (χ1n) is 7.09. The van der Waals surface area contributed by atoms with Crippen molar-refractivity contribution in [3.63, 3.8) is 0 Å². The van der Waals surface area contributed by atoms with Crippen LogP contribution in [0.5, 0.6) is 0 Å². The van der Waals surface area contributed by atoms with Crippen LogP contribution in [-0.4, -0.2) is 13.7 Å². The van der Waals surface area contributed by atoms with Gasteiger partial charge in [0, 0.05) is 18.7 Å². The van der Waals surface area contributed by atoms with Crippen molar-refractivity contribution in [3.8, 4) is 0 Å². The Balaban J connectivity index is 2.28. The fourth-order valence-corrected chi connectivity index (χ4v) is 2.06. The van der Waals surface area contributed by atoms with Gasteiger partial charge in [-0.15, -0.1) is 0 Å². The van der Waals surface area contributed by atoms with Crippen molar-refractivity contribution in [2.24, 2.45) is 5.92 Å². The van der Waals surface area contributed by atoms with E-state index in [1.54, 1.807) is 6.26 Å². The van der Waals surface area contributed by atoms with Crippen molar-refractivity contribution in [2.45, 2.75) is 52.7 Å². The molecule has 0 amide bonds. The van der Waals surface area contributed by atoms with Crippen LogP contribution in [0, 0.1) is 5.92 Å². The molecule has 1 unspecified atom stereocenters. The summed E-state index contributed by atoms with van der Waals surface area (Å²) in [5.74, 6) is 1.64. The highest BCUT2D eigenvalue weighted by molar-refractivity contribution is 5.15. The van der Waals surface area contributed by atoms with E-state index in [0.29, 0.717) is 12.5 Å². The van der Waals surface area contributed by atoms with Crippen LogP contribution in [0.25, 0.3) is 0 Å². The molecule has 1 N–H and O–H groups in total. The van der Waals surface area contributed by atoms with Crippen molar-refractivity contribution >= 4 is 0 Å². The van der Waals surface area contributed by atoms with E-state index < -0.39 is 0 Å². The Morgan fingerprint density at radius 3 is 2.89 bits per heavy atom. The molecule has 0 saturated carbocycles. The molecule has 3 heteroatoms. The third-order valence-electron chi connectivity index (χ3n) is 3.33. The van der Waals surface area contributed by atoms with Gasteiger partial charge in [-0.25, -0.2) is 0 Å². The fraction of sp³-hybridized carbons (Fsp3) is 0.733. The number of rotatable bonds is 10. The molecular formula is C15H27NO2. The van der Waals surface area contributed by atoms with Gasteiger partial charge in [0.25, 0.3) is 0 Å². The second-order valence-electron chi connectivity index (χ2n) is 4.83. The highest BCUT2D eigenvalue weighted by Gasteiger charge is 2.09. The Bertz CT molecular complexity index is 309. The predicted octanol–water partition coefficient (Wildman–Crippen LogP) is 3.73. The zero-order valence-corrected chi connectivity index (χ0v) is 12.0. The number of ether oxygens (including phenoxy) is 1. The number of nitrogens with one attached hydrogen (secondary N) is 1. The largest absolute Gasteiger partial charge is 0.467 e. The molecular weight excluding hydrogens is 226 g/mol. The van der Waals surface area contributed by atoms with Gasteiger partial charge in [-0.05, 0) is 25.5 Å². The van der Waals surface area contributed by atoms with Crippen LogP contribution in [0.2, 0.25) is 0 Å². The summed E-state index contributed by atoms with van der Waals surface area (Å²) in [7, 11) is 1.94. The number of hydrogen-bond acceptors (Lipinski definition) is 3. The molecule has 0 aliphatic carbocycles. The lowest BCUT2D eigenvalue weighted by Gasteiger charge is -2.14. The summed E-state index contributed by atoms with van der Waals surface area (Å²) in [6, 6.07) is 2.00. The topological polar surface area (TPSA) is 34.4 Å². The summed E-state index contributed by atoms with van der Waals surface area (Å²) in [6.07, 6.45) is 6.77. The van der Waals surface area contributed by atoms with Gasteiger partial charge in [0.1, 0.15) is 12.4 Å². The summed E-state index contributed by atoms with van der Waals surface area (Å²) in [5.41, 5.74) is 1.19. The zero-order chi connectivity index (χ0) is 13.2. The van der Waals surface area contributed by atoms with Crippen LogP contribution in [-0.2, 0) is 17.9 Å². The van der Waals surface area contributed by atoms with E-state index in [0.717, 1.165) is 18.9 Å². The van der Waals surface area contributed by atoms with E-state index in [1.807, 2.05) is 13.1 Å². The summed E-state index contributed by atoms with van der Waals surface area (Å²) in [5, 5.41) is 3.13. The molecule has 0 aliphatic heterocycles. The predicted molar refractivity (Wildman–Crippen MR) is 74.4 cm³/mol. The number of unbranched alkanes of at least 4 members (excludes halogenated alkanes) is 1. The summed E-state index contributed by atoms with van der Waals surface area (Å²) in [6.45, 7) is 6.74. The monoisotopic (exact) mass is 253 g/mol. The van der Waals surface area contributed by atoms with Crippen molar-refractivity contribution < 1.29 is 9.15 Å². The van der Waals surface area contributed by atoms with Gasteiger partial charge in [0.15, 0.2) is 0 Å². The van der Waals surface area contributed by atoms with Gasteiger partial charge in [-0.3, -0.25) is 0 Å². The second-order valence-corrected chi connectivity index (χ2v) is 4.83.